The van der Waals surface area contributed by atoms with Gasteiger partial charge in [-0.15, -0.1) is 11.6 Å². The summed E-state index contributed by atoms with van der Waals surface area (Å²) in [5.41, 5.74) is 1.90. The Morgan fingerprint density at radius 3 is 2.80 bits per heavy atom. The molecule has 0 saturated carbocycles. The second kappa shape index (κ2) is 4.68. The molecule has 0 aliphatic heterocycles. The van der Waals surface area contributed by atoms with E-state index in [1.807, 2.05) is 36.5 Å². The molecule has 0 spiro atoms. The lowest BCUT2D eigenvalue weighted by molar-refractivity contribution is 0.880. The van der Waals surface area contributed by atoms with Gasteiger partial charge in [-0.05, 0) is 12.1 Å². The van der Waals surface area contributed by atoms with Crippen molar-refractivity contribution in [3.63, 3.8) is 0 Å². The first kappa shape index (κ1) is 9.82. The minimum Gasteiger partial charge on any atom is -0.240 e. The highest BCUT2D eigenvalue weighted by molar-refractivity contribution is 6.19. The van der Waals surface area contributed by atoms with E-state index in [0.29, 0.717) is 5.88 Å². The third-order valence-electron chi connectivity index (χ3n) is 1.90. The van der Waals surface area contributed by atoms with E-state index in [1.165, 1.54) is 0 Å². The molecule has 0 radical (unpaired) electrons. The standard InChI is InChI=1S/C12H9ClN2/c13-8-4-5-11-9-14-15(10-11)12-6-2-1-3-7-12/h1-3,6-7,9-10H,8H2. The van der Waals surface area contributed by atoms with Gasteiger partial charge in [-0.25, -0.2) is 4.68 Å². The van der Waals surface area contributed by atoms with E-state index in [0.717, 1.165) is 11.3 Å². The highest BCUT2D eigenvalue weighted by Gasteiger charge is 1.96. The molecule has 1 aromatic heterocycles. The highest BCUT2D eigenvalue weighted by Crippen LogP contribution is 2.06. The molecule has 0 amide bonds. The first-order valence-corrected chi connectivity index (χ1v) is 5.08. The van der Waals surface area contributed by atoms with Gasteiger partial charge in [0, 0.05) is 6.20 Å². The maximum absolute atomic E-state index is 5.47. The lowest BCUT2D eigenvalue weighted by Gasteiger charge is -1.97. The van der Waals surface area contributed by atoms with E-state index in [9.17, 15) is 0 Å². The molecule has 0 aliphatic rings. The van der Waals surface area contributed by atoms with Crippen LogP contribution in [0.3, 0.4) is 0 Å². The fourth-order valence-electron chi connectivity index (χ4n) is 1.24. The Bertz CT molecular complexity index is 491. The number of halogens is 1. The van der Waals surface area contributed by atoms with Crippen LogP contribution in [0.5, 0.6) is 0 Å². The summed E-state index contributed by atoms with van der Waals surface area (Å²) in [6.07, 6.45) is 3.61. The van der Waals surface area contributed by atoms with Crippen molar-refractivity contribution in [3.05, 3.63) is 48.3 Å². The average molecular weight is 217 g/mol. The summed E-state index contributed by atoms with van der Waals surface area (Å²) in [6.45, 7) is 0. The van der Waals surface area contributed by atoms with Gasteiger partial charge in [-0.2, -0.15) is 5.10 Å². The zero-order valence-corrected chi connectivity index (χ0v) is 8.78. The van der Waals surface area contributed by atoms with Gasteiger partial charge in [0.15, 0.2) is 0 Å². The van der Waals surface area contributed by atoms with E-state index in [4.69, 9.17) is 11.6 Å². The Labute approximate surface area is 93.5 Å². The molecule has 3 heteroatoms. The highest BCUT2D eigenvalue weighted by atomic mass is 35.5. The molecule has 74 valence electrons. The monoisotopic (exact) mass is 216 g/mol. The predicted molar refractivity (Wildman–Crippen MR) is 61.2 cm³/mol. The third-order valence-corrected chi connectivity index (χ3v) is 2.04. The molecule has 2 rings (SSSR count). The van der Waals surface area contributed by atoms with Crippen LogP contribution in [-0.4, -0.2) is 15.7 Å². The van der Waals surface area contributed by atoms with Gasteiger partial charge >= 0.3 is 0 Å². The van der Waals surface area contributed by atoms with Crippen LogP contribution in [0.25, 0.3) is 5.69 Å². The minimum atomic E-state index is 0.344. The van der Waals surface area contributed by atoms with Crippen molar-refractivity contribution in [1.82, 2.24) is 9.78 Å². The summed E-state index contributed by atoms with van der Waals surface area (Å²) in [5.74, 6) is 6.05. The topological polar surface area (TPSA) is 17.8 Å². The van der Waals surface area contributed by atoms with E-state index in [1.54, 1.807) is 10.9 Å². The summed E-state index contributed by atoms with van der Waals surface area (Å²) in [7, 11) is 0. The number of aromatic nitrogens is 2. The first-order valence-electron chi connectivity index (χ1n) is 4.55. The normalized spacial score (nSPS) is 9.40. The van der Waals surface area contributed by atoms with Gasteiger partial charge in [0.05, 0.1) is 23.3 Å². The number of rotatable bonds is 1. The molecule has 0 bridgehead atoms. The SMILES string of the molecule is ClCC#Cc1cnn(-c2ccccc2)c1. The van der Waals surface area contributed by atoms with E-state index >= 15 is 0 Å². The van der Waals surface area contributed by atoms with Crippen LogP contribution < -0.4 is 0 Å². The van der Waals surface area contributed by atoms with Crippen LogP contribution in [0.1, 0.15) is 5.56 Å². The molecule has 0 aliphatic carbocycles. The van der Waals surface area contributed by atoms with Crippen LogP contribution in [0, 0.1) is 11.8 Å². The smallest absolute Gasteiger partial charge is 0.0839 e. The van der Waals surface area contributed by atoms with Crippen LogP contribution in [0.4, 0.5) is 0 Å². The molecule has 0 unspecified atom stereocenters. The minimum absolute atomic E-state index is 0.344. The molecule has 15 heavy (non-hydrogen) atoms. The Morgan fingerprint density at radius 1 is 1.27 bits per heavy atom. The van der Waals surface area contributed by atoms with Gasteiger partial charge in [-0.1, -0.05) is 30.0 Å². The zero-order valence-electron chi connectivity index (χ0n) is 8.02. The Kier molecular flexibility index (Phi) is 3.06. The Balaban J connectivity index is 2.28. The number of hydrogen-bond donors (Lipinski definition) is 0. The van der Waals surface area contributed by atoms with Gasteiger partial charge in [0.1, 0.15) is 0 Å². The second-order valence-corrected chi connectivity index (χ2v) is 3.21. The maximum atomic E-state index is 5.47. The average Bonchev–Trinajstić information content (AvgIpc) is 2.76. The molecular formula is C12H9ClN2. The largest absolute Gasteiger partial charge is 0.240 e. The molecule has 1 heterocycles. The molecule has 2 aromatic rings. The molecule has 0 saturated heterocycles. The van der Waals surface area contributed by atoms with E-state index in [-0.39, 0.29) is 0 Å². The number of hydrogen-bond acceptors (Lipinski definition) is 1. The van der Waals surface area contributed by atoms with Gasteiger partial charge in [-0.3, -0.25) is 0 Å². The van der Waals surface area contributed by atoms with Crippen molar-refractivity contribution in [2.75, 3.05) is 5.88 Å². The summed E-state index contributed by atoms with van der Waals surface area (Å²) in [5, 5.41) is 4.21. The lowest BCUT2D eigenvalue weighted by Crippen LogP contribution is -1.92. The lowest BCUT2D eigenvalue weighted by atomic mass is 10.3. The van der Waals surface area contributed by atoms with Crippen molar-refractivity contribution >= 4 is 11.6 Å². The fourth-order valence-corrected chi connectivity index (χ4v) is 1.31. The van der Waals surface area contributed by atoms with Crippen molar-refractivity contribution in [3.8, 4) is 17.5 Å². The summed E-state index contributed by atoms with van der Waals surface area (Å²) in [6, 6.07) is 9.90. The van der Waals surface area contributed by atoms with Crippen molar-refractivity contribution in [2.24, 2.45) is 0 Å². The molecule has 0 atom stereocenters. The van der Waals surface area contributed by atoms with Crippen LogP contribution >= 0.6 is 11.6 Å². The van der Waals surface area contributed by atoms with E-state index < -0.39 is 0 Å². The first-order chi connectivity index (χ1) is 7.40. The number of para-hydroxylation sites is 1. The van der Waals surface area contributed by atoms with Gasteiger partial charge in [0.2, 0.25) is 0 Å². The van der Waals surface area contributed by atoms with E-state index in [2.05, 4.69) is 16.9 Å². The molecule has 0 fully saturated rings. The van der Waals surface area contributed by atoms with Crippen LogP contribution in [0.15, 0.2) is 42.7 Å². The molecule has 0 N–H and O–H groups in total. The van der Waals surface area contributed by atoms with Crippen molar-refractivity contribution < 1.29 is 0 Å². The summed E-state index contributed by atoms with van der Waals surface area (Å²) in [4.78, 5) is 0. The number of nitrogens with zero attached hydrogens (tertiary/aromatic N) is 2. The summed E-state index contributed by atoms with van der Waals surface area (Å²) < 4.78 is 1.79. The van der Waals surface area contributed by atoms with Crippen molar-refractivity contribution in [1.29, 1.82) is 0 Å². The van der Waals surface area contributed by atoms with Gasteiger partial charge < -0.3 is 0 Å². The van der Waals surface area contributed by atoms with Crippen molar-refractivity contribution in [2.45, 2.75) is 0 Å². The number of benzene rings is 1. The maximum Gasteiger partial charge on any atom is 0.0839 e. The Morgan fingerprint density at radius 2 is 2.07 bits per heavy atom. The predicted octanol–water partition coefficient (Wildman–Crippen LogP) is 2.46. The fraction of sp³-hybridized carbons (Fsp3) is 0.0833. The molecular weight excluding hydrogens is 208 g/mol. The van der Waals surface area contributed by atoms with Gasteiger partial charge in [0.25, 0.3) is 0 Å². The molecule has 2 nitrogen and oxygen atoms in total. The summed E-state index contributed by atoms with van der Waals surface area (Å²) >= 11 is 5.47. The third kappa shape index (κ3) is 2.39. The molecule has 1 aromatic carbocycles. The quantitative estimate of drug-likeness (QED) is 0.529. The second-order valence-electron chi connectivity index (χ2n) is 2.94. The Hall–Kier alpha value is -1.72. The van der Waals surface area contributed by atoms with Crippen LogP contribution in [0.2, 0.25) is 0 Å². The van der Waals surface area contributed by atoms with Crippen LogP contribution in [-0.2, 0) is 0 Å². The number of alkyl halides is 1. The zero-order chi connectivity index (χ0) is 10.5.